The lowest BCUT2D eigenvalue weighted by molar-refractivity contribution is 0.628. The molecule has 2 aromatic carbocycles. The predicted molar refractivity (Wildman–Crippen MR) is 75.5 cm³/mol. The molecule has 0 bridgehead atoms. The molecule has 0 saturated heterocycles. The number of rotatable bonds is 3. The Morgan fingerprint density at radius 2 is 1.94 bits per heavy atom. The van der Waals surface area contributed by atoms with Crippen LogP contribution in [0.15, 0.2) is 42.5 Å². The highest BCUT2D eigenvalue weighted by atomic mass is 35.5. The lowest BCUT2D eigenvalue weighted by atomic mass is 10.1. The van der Waals surface area contributed by atoms with Crippen LogP contribution in [0.1, 0.15) is 5.56 Å². The van der Waals surface area contributed by atoms with Gasteiger partial charge >= 0.3 is 0 Å². The maximum atomic E-state index is 13.2. The van der Waals surface area contributed by atoms with Crippen LogP contribution < -0.4 is 4.90 Å². The lowest BCUT2D eigenvalue weighted by Gasteiger charge is -2.22. The van der Waals surface area contributed by atoms with Gasteiger partial charge in [0.15, 0.2) is 0 Å². The molecule has 2 aromatic rings. The van der Waals surface area contributed by atoms with Crippen LogP contribution in [0.3, 0.4) is 0 Å². The molecular formula is C14H12Cl2FN. The number of hydrogen-bond donors (Lipinski definition) is 0. The van der Waals surface area contributed by atoms with Crippen molar-refractivity contribution in [3.05, 3.63) is 58.9 Å². The second kappa shape index (κ2) is 5.59. The molecule has 0 saturated carbocycles. The average Bonchev–Trinajstić information content (AvgIpc) is 2.38. The van der Waals surface area contributed by atoms with E-state index in [1.165, 1.54) is 12.1 Å². The number of halogens is 3. The number of hydrogen-bond acceptors (Lipinski definition) is 1. The monoisotopic (exact) mass is 283 g/mol. The van der Waals surface area contributed by atoms with E-state index in [1.54, 1.807) is 12.1 Å². The predicted octanol–water partition coefficient (Wildman–Crippen LogP) is 4.99. The average molecular weight is 284 g/mol. The zero-order chi connectivity index (χ0) is 13.1. The van der Waals surface area contributed by atoms with Gasteiger partial charge in [-0.05, 0) is 35.9 Å². The molecule has 0 heterocycles. The zero-order valence-corrected chi connectivity index (χ0v) is 11.3. The van der Waals surface area contributed by atoms with E-state index >= 15 is 0 Å². The van der Waals surface area contributed by atoms with Gasteiger partial charge < -0.3 is 4.90 Å². The Labute approximate surface area is 116 Å². The first kappa shape index (κ1) is 13.2. The number of anilines is 2. The fourth-order valence-corrected chi connectivity index (χ4v) is 2.18. The first-order valence-corrected chi connectivity index (χ1v) is 6.37. The minimum Gasteiger partial charge on any atom is -0.344 e. The fraction of sp³-hybridized carbons (Fsp3) is 0.143. The zero-order valence-electron chi connectivity index (χ0n) is 9.83. The van der Waals surface area contributed by atoms with Crippen LogP contribution in [0, 0.1) is 5.82 Å². The molecule has 4 heteroatoms. The van der Waals surface area contributed by atoms with Crippen LogP contribution in [0.25, 0.3) is 0 Å². The molecular weight excluding hydrogens is 272 g/mol. The maximum absolute atomic E-state index is 13.2. The van der Waals surface area contributed by atoms with E-state index in [1.807, 2.05) is 30.1 Å². The molecule has 1 nitrogen and oxygen atoms in total. The van der Waals surface area contributed by atoms with Crippen molar-refractivity contribution in [2.45, 2.75) is 5.88 Å². The highest BCUT2D eigenvalue weighted by molar-refractivity contribution is 6.31. The van der Waals surface area contributed by atoms with Crippen LogP contribution >= 0.6 is 23.2 Å². The lowest BCUT2D eigenvalue weighted by Crippen LogP contribution is -2.11. The van der Waals surface area contributed by atoms with Crippen molar-refractivity contribution < 1.29 is 4.39 Å². The summed E-state index contributed by atoms with van der Waals surface area (Å²) >= 11 is 11.9. The molecule has 18 heavy (non-hydrogen) atoms. The smallest absolute Gasteiger partial charge is 0.125 e. The Kier molecular flexibility index (Phi) is 4.10. The molecule has 0 spiro atoms. The van der Waals surface area contributed by atoms with E-state index in [0.717, 1.165) is 16.9 Å². The first-order chi connectivity index (χ1) is 8.61. The summed E-state index contributed by atoms with van der Waals surface area (Å²) < 4.78 is 13.2. The highest BCUT2D eigenvalue weighted by Crippen LogP contribution is 2.30. The van der Waals surface area contributed by atoms with Gasteiger partial charge in [0.2, 0.25) is 0 Å². The number of nitrogens with zero attached hydrogens (tertiary/aromatic N) is 1. The van der Waals surface area contributed by atoms with Crippen molar-refractivity contribution in [1.29, 1.82) is 0 Å². The highest BCUT2D eigenvalue weighted by Gasteiger charge is 2.10. The third kappa shape index (κ3) is 2.77. The van der Waals surface area contributed by atoms with Gasteiger partial charge in [0.25, 0.3) is 0 Å². The van der Waals surface area contributed by atoms with Gasteiger partial charge in [-0.25, -0.2) is 4.39 Å². The van der Waals surface area contributed by atoms with Crippen molar-refractivity contribution in [3.8, 4) is 0 Å². The third-order valence-electron chi connectivity index (χ3n) is 2.75. The summed E-state index contributed by atoms with van der Waals surface area (Å²) in [6, 6.07) is 11.9. The van der Waals surface area contributed by atoms with Crippen molar-refractivity contribution >= 4 is 34.6 Å². The van der Waals surface area contributed by atoms with E-state index in [2.05, 4.69) is 0 Å². The molecule has 0 aliphatic carbocycles. The number of benzene rings is 2. The van der Waals surface area contributed by atoms with E-state index in [9.17, 15) is 4.39 Å². The van der Waals surface area contributed by atoms with Crippen LogP contribution in [-0.2, 0) is 5.88 Å². The molecule has 0 aliphatic heterocycles. The summed E-state index contributed by atoms with van der Waals surface area (Å²) in [6.45, 7) is 0. The third-order valence-corrected chi connectivity index (χ3v) is 3.27. The quantitative estimate of drug-likeness (QED) is 0.718. The Hall–Kier alpha value is -1.25. The van der Waals surface area contributed by atoms with Crippen LogP contribution in [-0.4, -0.2) is 7.05 Å². The first-order valence-electron chi connectivity index (χ1n) is 5.45. The Morgan fingerprint density at radius 1 is 1.17 bits per heavy atom. The molecule has 0 atom stereocenters. The molecule has 0 aromatic heterocycles. The van der Waals surface area contributed by atoms with E-state index in [-0.39, 0.29) is 5.82 Å². The standard InChI is InChI=1S/C14H12Cl2FN/c1-18(13-4-2-3-12(17)8-13)14-7-11(16)6-5-10(14)9-15/h2-8H,9H2,1H3. The molecule has 0 radical (unpaired) electrons. The van der Waals surface area contributed by atoms with E-state index < -0.39 is 0 Å². The Balaban J connectivity index is 2.44. The minimum atomic E-state index is -0.270. The molecule has 0 fully saturated rings. The SMILES string of the molecule is CN(c1cccc(F)c1)c1cc(Cl)ccc1CCl. The van der Waals surface area contributed by atoms with Crippen LogP contribution in [0.5, 0.6) is 0 Å². The molecule has 0 N–H and O–H groups in total. The van der Waals surface area contributed by atoms with Gasteiger partial charge in [0.1, 0.15) is 5.82 Å². The summed E-state index contributed by atoms with van der Waals surface area (Å²) in [7, 11) is 1.86. The van der Waals surface area contributed by atoms with Crippen molar-refractivity contribution in [2.75, 3.05) is 11.9 Å². The van der Waals surface area contributed by atoms with Gasteiger partial charge in [0.05, 0.1) is 0 Å². The normalized spacial score (nSPS) is 10.4. The van der Waals surface area contributed by atoms with Crippen LogP contribution in [0.2, 0.25) is 5.02 Å². The minimum absolute atomic E-state index is 0.270. The van der Waals surface area contributed by atoms with Gasteiger partial charge in [0, 0.05) is 29.3 Å². The largest absolute Gasteiger partial charge is 0.344 e. The van der Waals surface area contributed by atoms with Gasteiger partial charge in [-0.2, -0.15) is 0 Å². The molecule has 94 valence electrons. The second-order valence-corrected chi connectivity index (χ2v) is 4.65. The van der Waals surface area contributed by atoms with Crippen molar-refractivity contribution in [2.24, 2.45) is 0 Å². The van der Waals surface area contributed by atoms with Crippen molar-refractivity contribution in [1.82, 2.24) is 0 Å². The summed E-state index contributed by atoms with van der Waals surface area (Å²) in [4.78, 5) is 1.87. The van der Waals surface area contributed by atoms with E-state index in [0.29, 0.717) is 10.9 Å². The van der Waals surface area contributed by atoms with Gasteiger partial charge in [-0.1, -0.05) is 23.7 Å². The molecule has 0 amide bonds. The number of alkyl halides is 1. The van der Waals surface area contributed by atoms with Gasteiger partial charge in [-0.15, -0.1) is 11.6 Å². The maximum Gasteiger partial charge on any atom is 0.125 e. The summed E-state index contributed by atoms with van der Waals surface area (Å²) in [5.41, 5.74) is 2.58. The van der Waals surface area contributed by atoms with Crippen LogP contribution in [0.4, 0.5) is 15.8 Å². The van der Waals surface area contributed by atoms with Crippen molar-refractivity contribution in [3.63, 3.8) is 0 Å². The molecule has 0 unspecified atom stereocenters. The second-order valence-electron chi connectivity index (χ2n) is 3.95. The fourth-order valence-electron chi connectivity index (χ4n) is 1.79. The Bertz CT molecular complexity index is 557. The summed E-state index contributed by atoms with van der Waals surface area (Å²) in [5.74, 6) is 0.111. The molecule has 2 rings (SSSR count). The summed E-state index contributed by atoms with van der Waals surface area (Å²) in [6.07, 6.45) is 0. The van der Waals surface area contributed by atoms with Gasteiger partial charge in [-0.3, -0.25) is 0 Å². The Morgan fingerprint density at radius 3 is 2.61 bits per heavy atom. The molecule has 0 aliphatic rings. The topological polar surface area (TPSA) is 3.24 Å². The summed E-state index contributed by atoms with van der Waals surface area (Å²) in [5, 5.41) is 0.627. The van der Waals surface area contributed by atoms with E-state index in [4.69, 9.17) is 23.2 Å².